The van der Waals surface area contributed by atoms with Crippen LogP contribution in [-0.2, 0) is 0 Å². The molecular weight excluding hydrogens is 518 g/mol. The van der Waals surface area contributed by atoms with E-state index in [0.717, 1.165) is 43.6 Å². The first kappa shape index (κ1) is 24.1. The van der Waals surface area contributed by atoms with Crippen molar-refractivity contribution in [2.24, 2.45) is 0 Å². The highest BCUT2D eigenvalue weighted by Gasteiger charge is 2.42. The molecule has 2 aliphatic rings. The number of aromatic nitrogens is 2. The average Bonchev–Trinajstić information content (AvgIpc) is 3.39. The second-order valence-corrected chi connectivity index (χ2v) is 11.3. The summed E-state index contributed by atoms with van der Waals surface area (Å²) in [6, 6.07) is 6.16. The largest absolute Gasteiger partial charge is 0.389 e. The summed E-state index contributed by atoms with van der Waals surface area (Å²) in [5, 5.41) is 10.5. The predicted octanol–water partition coefficient (Wildman–Crippen LogP) is 5.25. The van der Waals surface area contributed by atoms with Gasteiger partial charge in [0, 0.05) is 35.0 Å². The molecule has 1 atom stereocenters. The maximum absolute atomic E-state index is 16.3. The van der Waals surface area contributed by atoms with Gasteiger partial charge in [-0.05, 0) is 57.0 Å². The van der Waals surface area contributed by atoms with Crippen LogP contribution in [-0.4, -0.2) is 47.1 Å². The molecule has 0 radical (unpaired) electrons. The molecule has 11 heteroatoms. The lowest BCUT2D eigenvalue weighted by Gasteiger charge is -2.45. The smallest absolute Gasteiger partial charge is 0.347 e. The van der Waals surface area contributed by atoms with E-state index in [1.807, 2.05) is 6.07 Å². The van der Waals surface area contributed by atoms with Crippen LogP contribution in [0.2, 0.25) is 5.02 Å². The lowest BCUT2D eigenvalue weighted by Crippen LogP contribution is -2.54. The molecule has 1 spiro atoms. The van der Waals surface area contributed by atoms with Crippen LogP contribution >= 0.6 is 22.9 Å². The Hall–Kier alpha value is -3.26. The zero-order valence-corrected chi connectivity index (χ0v) is 21.6. The number of halogens is 3. The number of hydrogen-bond donors (Lipinski definition) is 2. The predicted molar refractivity (Wildman–Crippen MR) is 143 cm³/mol. The van der Waals surface area contributed by atoms with Crippen molar-refractivity contribution in [1.82, 2.24) is 14.9 Å². The Labute approximate surface area is 220 Å². The molecule has 2 aromatic carbocycles. The number of hydrogen-bond acceptors (Lipinski definition) is 7. The highest BCUT2D eigenvalue weighted by Crippen LogP contribution is 2.45. The minimum absolute atomic E-state index is 0.00340. The Morgan fingerprint density at radius 3 is 2.76 bits per heavy atom. The minimum Gasteiger partial charge on any atom is -0.389 e. The van der Waals surface area contributed by atoms with Crippen LogP contribution < -0.4 is 16.3 Å². The summed E-state index contributed by atoms with van der Waals surface area (Å²) in [6.45, 7) is 2.40. The van der Waals surface area contributed by atoms with Gasteiger partial charge in [-0.2, -0.15) is 10.2 Å². The van der Waals surface area contributed by atoms with E-state index in [1.165, 1.54) is 12.1 Å². The van der Waals surface area contributed by atoms with E-state index in [4.69, 9.17) is 17.3 Å². The number of likely N-dealkylation sites (N-methyl/N-ethyl adjacent to an activating group) is 1. The third-order valence-electron chi connectivity index (χ3n) is 7.90. The van der Waals surface area contributed by atoms with Crippen molar-refractivity contribution in [2.75, 3.05) is 37.3 Å². The van der Waals surface area contributed by atoms with Gasteiger partial charge in [0.05, 0.1) is 20.8 Å². The fraction of sp³-hybridized carbons (Fsp3) is 0.346. The van der Waals surface area contributed by atoms with Crippen molar-refractivity contribution in [3.63, 3.8) is 0 Å². The Balaban J connectivity index is 1.57. The number of fused-ring (bicyclic) bond motifs is 2. The van der Waals surface area contributed by atoms with Crippen LogP contribution in [0.25, 0.3) is 32.1 Å². The summed E-state index contributed by atoms with van der Waals surface area (Å²) in [4.78, 5) is 23.9. The van der Waals surface area contributed by atoms with Crippen LogP contribution in [0.5, 0.6) is 0 Å². The van der Waals surface area contributed by atoms with Gasteiger partial charge in [0.15, 0.2) is 5.82 Å². The van der Waals surface area contributed by atoms with E-state index in [-0.39, 0.29) is 47.9 Å². The van der Waals surface area contributed by atoms with Gasteiger partial charge in [0.25, 0.3) is 0 Å². The molecule has 0 aliphatic carbocycles. The van der Waals surface area contributed by atoms with Gasteiger partial charge in [-0.15, -0.1) is 11.3 Å². The van der Waals surface area contributed by atoms with Crippen LogP contribution in [0.4, 0.5) is 19.6 Å². The molecule has 6 rings (SSSR count). The fourth-order valence-electron chi connectivity index (χ4n) is 6.09. The Morgan fingerprint density at radius 1 is 1.27 bits per heavy atom. The van der Waals surface area contributed by atoms with E-state index in [2.05, 4.69) is 26.8 Å². The number of piperidine rings is 1. The second-order valence-electron chi connectivity index (χ2n) is 9.86. The standard InChI is InChI=1S/C26H23ClF2N6OS/c1-34-8-2-6-26(34)7-3-9-35(12-26)24-14-10-16(27)19(20(29)21(14)32-25(36)33-24)13-4-5-17(28)22-18(13)15(11-30)23(31)37-22/h4-5,10H,2-3,6-9,12,31H2,1H3,(H,32,33,36). The van der Waals surface area contributed by atoms with E-state index in [9.17, 15) is 14.4 Å². The molecule has 3 N–H and O–H groups in total. The molecule has 190 valence electrons. The quantitative estimate of drug-likeness (QED) is 0.360. The molecule has 7 nitrogen and oxygen atoms in total. The molecular formula is C26H23ClF2N6OS. The van der Waals surface area contributed by atoms with Crippen molar-refractivity contribution in [2.45, 2.75) is 31.2 Å². The molecule has 2 fully saturated rings. The van der Waals surface area contributed by atoms with Gasteiger partial charge in [-0.1, -0.05) is 17.7 Å². The SMILES string of the molecule is CN1CCCC12CCCN(c1nc(=O)[nH]c3c(F)c(-c4ccc(F)c5sc(N)c(C#N)c45)c(Cl)cc13)C2. The summed E-state index contributed by atoms with van der Waals surface area (Å²) in [5.74, 6) is -0.938. The zero-order chi connectivity index (χ0) is 26.1. The molecule has 4 heterocycles. The van der Waals surface area contributed by atoms with Crippen LogP contribution in [0.3, 0.4) is 0 Å². The van der Waals surface area contributed by atoms with Gasteiger partial charge in [0.1, 0.15) is 22.7 Å². The number of nitriles is 1. The number of nitrogens with two attached hydrogens (primary N) is 1. The number of thiophene rings is 1. The molecule has 2 saturated heterocycles. The monoisotopic (exact) mass is 540 g/mol. The summed E-state index contributed by atoms with van der Waals surface area (Å²) in [6.07, 6.45) is 4.16. The van der Waals surface area contributed by atoms with Crippen molar-refractivity contribution < 1.29 is 8.78 Å². The van der Waals surface area contributed by atoms with E-state index < -0.39 is 17.3 Å². The molecule has 0 saturated carbocycles. The maximum atomic E-state index is 16.3. The average molecular weight is 541 g/mol. The van der Waals surface area contributed by atoms with Crippen LogP contribution in [0.15, 0.2) is 23.0 Å². The minimum atomic E-state index is -0.769. The van der Waals surface area contributed by atoms with E-state index >= 15 is 4.39 Å². The Bertz CT molecular complexity index is 1700. The van der Waals surface area contributed by atoms with Crippen molar-refractivity contribution in [3.8, 4) is 17.2 Å². The van der Waals surface area contributed by atoms with Crippen LogP contribution in [0, 0.1) is 23.0 Å². The molecule has 0 bridgehead atoms. The molecule has 37 heavy (non-hydrogen) atoms. The molecule has 2 aliphatic heterocycles. The number of H-pyrrole nitrogens is 1. The molecule has 1 unspecified atom stereocenters. The highest BCUT2D eigenvalue weighted by atomic mass is 35.5. The Morgan fingerprint density at radius 2 is 2.03 bits per heavy atom. The van der Waals surface area contributed by atoms with Crippen molar-refractivity contribution in [1.29, 1.82) is 5.26 Å². The zero-order valence-electron chi connectivity index (χ0n) is 20.0. The third-order valence-corrected chi connectivity index (χ3v) is 9.22. The van der Waals surface area contributed by atoms with E-state index in [1.54, 1.807) is 6.07 Å². The van der Waals surface area contributed by atoms with Gasteiger partial charge < -0.3 is 15.6 Å². The van der Waals surface area contributed by atoms with Gasteiger partial charge >= 0.3 is 5.69 Å². The van der Waals surface area contributed by atoms with Gasteiger partial charge in [-0.3, -0.25) is 4.90 Å². The summed E-state index contributed by atoms with van der Waals surface area (Å²) < 4.78 is 31.0. The van der Waals surface area contributed by atoms with E-state index in [0.29, 0.717) is 24.3 Å². The number of nitrogens with one attached hydrogen (secondary N) is 1. The lowest BCUT2D eigenvalue weighted by atomic mass is 9.86. The summed E-state index contributed by atoms with van der Waals surface area (Å²) in [5.41, 5.74) is 5.52. The maximum Gasteiger partial charge on any atom is 0.347 e. The Kier molecular flexibility index (Phi) is 5.64. The number of anilines is 2. The van der Waals surface area contributed by atoms with Crippen molar-refractivity contribution >= 4 is 54.7 Å². The summed E-state index contributed by atoms with van der Waals surface area (Å²) in [7, 11) is 2.12. The number of aromatic amines is 1. The lowest BCUT2D eigenvalue weighted by molar-refractivity contribution is 0.147. The highest BCUT2D eigenvalue weighted by molar-refractivity contribution is 7.23. The number of benzene rings is 2. The number of nitrogen functional groups attached to an aromatic ring is 1. The molecule has 4 aromatic rings. The van der Waals surface area contributed by atoms with Crippen LogP contribution in [0.1, 0.15) is 31.2 Å². The molecule has 0 amide bonds. The first-order chi connectivity index (χ1) is 17.7. The van der Waals surface area contributed by atoms with Gasteiger partial charge in [0.2, 0.25) is 0 Å². The first-order valence-electron chi connectivity index (χ1n) is 12.0. The topological polar surface area (TPSA) is 102 Å². The normalized spacial score (nSPS) is 20.4. The fourth-order valence-corrected chi connectivity index (χ4v) is 7.33. The number of likely N-dealkylation sites (tertiary alicyclic amines) is 1. The first-order valence-corrected chi connectivity index (χ1v) is 13.2. The second kappa shape index (κ2) is 8.65. The number of rotatable bonds is 2. The molecule has 2 aromatic heterocycles. The van der Waals surface area contributed by atoms with Gasteiger partial charge in [-0.25, -0.2) is 13.6 Å². The number of nitrogens with zero attached hydrogens (tertiary/aromatic N) is 4. The third kappa shape index (κ3) is 3.60. The van der Waals surface area contributed by atoms with Crippen molar-refractivity contribution in [3.05, 3.63) is 50.9 Å². The summed E-state index contributed by atoms with van der Waals surface area (Å²) >= 11 is 7.61.